The summed E-state index contributed by atoms with van der Waals surface area (Å²) in [7, 11) is -3.58. The second-order valence-corrected chi connectivity index (χ2v) is 7.42. The molecule has 0 spiro atoms. The molecule has 1 aliphatic rings. The Bertz CT molecular complexity index is 860. The molecule has 2 aromatic rings. The zero-order chi connectivity index (χ0) is 17.0. The number of hydrogen-bond acceptors (Lipinski definition) is 4. The average Bonchev–Trinajstić information content (AvgIpc) is 2.61. The van der Waals surface area contributed by atoms with E-state index in [9.17, 15) is 8.42 Å². The molecule has 128 valence electrons. The van der Waals surface area contributed by atoms with Gasteiger partial charge in [-0.3, -0.25) is 0 Å². The smallest absolute Gasteiger partial charge is 0.241 e. The van der Waals surface area contributed by atoms with Crippen LogP contribution in [0.15, 0.2) is 52.9 Å². The summed E-state index contributed by atoms with van der Waals surface area (Å²) in [6, 6.07) is 10.8. The van der Waals surface area contributed by atoms with Crippen molar-refractivity contribution in [3.05, 3.63) is 48.0 Å². The highest BCUT2D eigenvalue weighted by Gasteiger charge is 2.19. The van der Waals surface area contributed by atoms with Gasteiger partial charge in [0.2, 0.25) is 10.0 Å². The molecule has 24 heavy (non-hydrogen) atoms. The third kappa shape index (κ3) is 3.61. The Morgan fingerprint density at radius 2 is 1.96 bits per heavy atom. The number of rotatable bonds is 6. The molecule has 0 amide bonds. The second kappa shape index (κ2) is 7.34. The normalized spacial score (nSPS) is 15.3. The van der Waals surface area contributed by atoms with E-state index in [0.29, 0.717) is 24.3 Å². The zero-order valence-electron chi connectivity index (χ0n) is 13.7. The summed E-state index contributed by atoms with van der Waals surface area (Å²) in [5, 5.41) is 4.70. The first kappa shape index (κ1) is 17.0. The molecule has 0 bridgehead atoms. The lowest BCUT2D eigenvalue weighted by Crippen LogP contribution is -2.29. The van der Waals surface area contributed by atoms with Gasteiger partial charge in [-0.2, -0.15) is 0 Å². The van der Waals surface area contributed by atoms with Crippen molar-refractivity contribution in [2.75, 3.05) is 26.2 Å². The molecule has 0 atom stereocenters. The molecule has 3 rings (SSSR count). The van der Waals surface area contributed by atoms with Crippen LogP contribution in [0.5, 0.6) is 5.75 Å². The van der Waals surface area contributed by atoms with E-state index >= 15 is 0 Å². The van der Waals surface area contributed by atoms with Crippen LogP contribution in [0.1, 0.15) is 13.3 Å². The predicted molar refractivity (Wildman–Crippen MR) is 95.9 cm³/mol. The minimum Gasteiger partial charge on any atom is -0.493 e. The second-order valence-electron chi connectivity index (χ2n) is 5.68. The Labute approximate surface area is 142 Å². The van der Waals surface area contributed by atoms with Gasteiger partial charge in [0, 0.05) is 23.9 Å². The Hall–Kier alpha value is -1.89. The van der Waals surface area contributed by atoms with Gasteiger partial charge in [-0.05, 0) is 32.0 Å². The standard InChI is InChI=1S/C18H22N2O3S/c1-2-23-17-7-8-18(16-6-4-3-5-15(16)17)24(21,22)20-13-14-9-11-19-12-10-14/h3-9,19-20H,2,10-13H2,1H3. The van der Waals surface area contributed by atoms with Crippen LogP contribution < -0.4 is 14.8 Å². The van der Waals surface area contributed by atoms with Gasteiger partial charge in [0.15, 0.2) is 0 Å². The summed E-state index contributed by atoms with van der Waals surface area (Å²) >= 11 is 0. The van der Waals surface area contributed by atoms with E-state index in [1.807, 2.05) is 37.3 Å². The molecule has 0 radical (unpaired) electrons. The Morgan fingerprint density at radius 3 is 2.67 bits per heavy atom. The molecule has 0 saturated heterocycles. The summed E-state index contributed by atoms with van der Waals surface area (Å²) in [6.45, 7) is 4.48. The average molecular weight is 346 g/mol. The summed E-state index contributed by atoms with van der Waals surface area (Å²) in [5.74, 6) is 0.702. The first-order valence-electron chi connectivity index (χ1n) is 8.14. The number of sulfonamides is 1. The van der Waals surface area contributed by atoms with Crippen molar-refractivity contribution in [2.45, 2.75) is 18.2 Å². The minimum atomic E-state index is -3.58. The third-order valence-corrected chi connectivity index (χ3v) is 5.54. The fourth-order valence-corrected chi connectivity index (χ4v) is 4.10. The minimum absolute atomic E-state index is 0.288. The van der Waals surface area contributed by atoms with Gasteiger partial charge in [0.25, 0.3) is 0 Å². The van der Waals surface area contributed by atoms with Gasteiger partial charge >= 0.3 is 0 Å². The lowest BCUT2D eigenvalue weighted by molar-refractivity contribution is 0.344. The quantitative estimate of drug-likeness (QED) is 0.789. The predicted octanol–water partition coefficient (Wildman–Crippen LogP) is 2.44. The van der Waals surface area contributed by atoms with E-state index in [1.165, 1.54) is 0 Å². The number of nitrogens with one attached hydrogen (secondary N) is 2. The van der Waals surface area contributed by atoms with E-state index in [0.717, 1.165) is 30.5 Å². The summed E-state index contributed by atoms with van der Waals surface area (Å²) in [4.78, 5) is 0.288. The van der Waals surface area contributed by atoms with Crippen molar-refractivity contribution in [3.8, 4) is 5.75 Å². The van der Waals surface area contributed by atoms with Crippen LogP contribution in [-0.4, -0.2) is 34.7 Å². The third-order valence-electron chi connectivity index (χ3n) is 4.08. The molecular weight excluding hydrogens is 324 g/mol. The largest absolute Gasteiger partial charge is 0.493 e. The topological polar surface area (TPSA) is 67.4 Å². The number of fused-ring (bicyclic) bond motifs is 1. The van der Waals surface area contributed by atoms with Crippen LogP contribution >= 0.6 is 0 Å². The van der Waals surface area contributed by atoms with Gasteiger partial charge in [-0.25, -0.2) is 13.1 Å². The number of benzene rings is 2. The van der Waals surface area contributed by atoms with E-state index < -0.39 is 10.0 Å². The molecule has 0 aromatic heterocycles. The van der Waals surface area contributed by atoms with Crippen LogP contribution in [0, 0.1) is 0 Å². The highest BCUT2D eigenvalue weighted by Crippen LogP contribution is 2.31. The van der Waals surface area contributed by atoms with Crippen molar-refractivity contribution < 1.29 is 13.2 Å². The molecule has 5 nitrogen and oxygen atoms in total. The SMILES string of the molecule is CCOc1ccc(S(=O)(=O)NCC2=CCNCC2)c2ccccc12. The van der Waals surface area contributed by atoms with E-state index in [2.05, 4.69) is 10.0 Å². The first-order chi connectivity index (χ1) is 11.6. The van der Waals surface area contributed by atoms with Gasteiger partial charge in [0.05, 0.1) is 11.5 Å². The lowest BCUT2D eigenvalue weighted by atomic mass is 10.1. The summed E-state index contributed by atoms with van der Waals surface area (Å²) in [6.07, 6.45) is 2.91. The van der Waals surface area contributed by atoms with Crippen LogP contribution in [-0.2, 0) is 10.0 Å². The number of ether oxygens (including phenoxy) is 1. The van der Waals surface area contributed by atoms with Gasteiger partial charge < -0.3 is 10.1 Å². The van der Waals surface area contributed by atoms with E-state index in [1.54, 1.807) is 12.1 Å². The maximum absolute atomic E-state index is 12.8. The highest BCUT2D eigenvalue weighted by atomic mass is 32.2. The fourth-order valence-electron chi connectivity index (χ4n) is 2.86. The van der Waals surface area contributed by atoms with Crippen molar-refractivity contribution >= 4 is 20.8 Å². The first-order valence-corrected chi connectivity index (χ1v) is 9.63. The maximum atomic E-state index is 12.8. The molecule has 0 unspecified atom stereocenters. The van der Waals surface area contributed by atoms with Crippen molar-refractivity contribution in [2.24, 2.45) is 0 Å². The molecule has 0 fully saturated rings. The monoisotopic (exact) mass is 346 g/mol. The van der Waals surface area contributed by atoms with Crippen LogP contribution in [0.2, 0.25) is 0 Å². The fraction of sp³-hybridized carbons (Fsp3) is 0.333. The van der Waals surface area contributed by atoms with Crippen molar-refractivity contribution in [1.82, 2.24) is 10.0 Å². The van der Waals surface area contributed by atoms with Gasteiger partial charge in [0.1, 0.15) is 5.75 Å². The molecular formula is C18H22N2O3S. The maximum Gasteiger partial charge on any atom is 0.241 e. The van der Waals surface area contributed by atoms with Crippen molar-refractivity contribution in [3.63, 3.8) is 0 Å². The van der Waals surface area contributed by atoms with Crippen LogP contribution in [0.25, 0.3) is 10.8 Å². The Morgan fingerprint density at radius 1 is 1.17 bits per heavy atom. The van der Waals surface area contributed by atoms with Crippen LogP contribution in [0.4, 0.5) is 0 Å². The lowest BCUT2D eigenvalue weighted by Gasteiger charge is -2.16. The zero-order valence-corrected chi connectivity index (χ0v) is 14.5. The van der Waals surface area contributed by atoms with E-state index in [4.69, 9.17) is 4.74 Å². The molecule has 0 saturated carbocycles. The Kier molecular flexibility index (Phi) is 5.18. The molecule has 1 aliphatic heterocycles. The summed E-state index contributed by atoms with van der Waals surface area (Å²) < 4.78 is 33.9. The van der Waals surface area contributed by atoms with Crippen molar-refractivity contribution in [1.29, 1.82) is 0 Å². The van der Waals surface area contributed by atoms with Gasteiger partial charge in [-0.15, -0.1) is 0 Å². The van der Waals surface area contributed by atoms with Gasteiger partial charge in [-0.1, -0.05) is 35.9 Å². The molecule has 0 aliphatic carbocycles. The van der Waals surface area contributed by atoms with Crippen LogP contribution in [0.3, 0.4) is 0 Å². The Balaban J connectivity index is 1.93. The molecule has 6 heteroatoms. The molecule has 2 aromatic carbocycles. The van der Waals surface area contributed by atoms with E-state index in [-0.39, 0.29) is 4.90 Å². The highest BCUT2D eigenvalue weighted by molar-refractivity contribution is 7.89. The number of hydrogen-bond donors (Lipinski definition) is 2. The molecule has 1 heterocycles. The summed E-state index contributed by atoms with van der Waals surface area (Å²) in [5.41, 5.74) is 1.12. The molecule has 2 N–H and O–H groups in total.